The normalized spacial score (nSPS) is 15.2. The Morgan fingerprint density at radius 3 is 2.42 bits per heavy atom. The first kappa shape index (κ1) is 16.4. The van der Waals surface area contributed by atoms with Crippen LogP contribution in [0.25, 0.3) is 0 Å². The second-order valence-corrected chi connectivity index (χ2v) is 6.00. The summed E-state index contributed by atoms with van der Waals surface area (Å²) >= 11 is 5.79. The Morgan fingerprint density at radius 1 is 1.17 bits per heavy atom. The lowest BCUT2D eigenvalue weighted by molar-refractivity contribution is 0.246. The zero-order chi connectivity index (χ0) is 16.9. The first-order valence-corrected chi connectivity index (χ1v) is 8.03. The molecule has 0 aliphatic carbocycles. The summed E-state index contributed by atoms with van der Waals surface area (Å²) in [5.41, 5.74) is 0.556. The average molecular weight is 350 g/mol. The van der Waals surface area contributed by atoms with Crippen molar-refractivity contribution in [3.05, 3.63) is 47.5 Å². The zero-order valence-corrected chi connectivity index (χ0v) is 13.6. The van der Waals surface area contributed by atoms with E-state index >= 15 is 0 Å². The summed E-state index contributed by atoms with van der Waals surface area (Å²) in [6, 6.07) is 5.45. The smallest absolute Gasteiger partial charge is 0.319 e. The fourth-order valence-corrected chi connectivity index (χ4v) is 2.68. The number of halogens is 2. The number of urea groups is 1. The molecule has 2 amide bonds. The topological polar surface area (TPSA) is 70.2 Å². The van der Waals surface area contributed by atoms with Gasteiger partial charge in [-0.15, -0.1) is 0 Å². The number of nitrogens with one attached hydrogen (secondary N) is 2. The molecule has 0 spiro atoms. The summed E-state index contributed by atoms with van der Waals surface area (Å²) in [7, 11) is 0. The van der Waals surface area contributed by atoms with E-state index in [4.69, 9.17) is 11.6 Å². The van der Waals surface area contributed by atoms with Gasteiger partial charge in [0.05, 0.1) is 17.4 Å². The van der Waals surface area contributed by atoms with Crippen LogP contribution in [0.3, 0.4) is 0 Å². The summed E-state index contributed by atoms with van der Waals surface area (Å²) < 4.78 is 12.8. The third-order valence-electron chi connectivity index (χ3n) is 3.82. The maximum Gasteiger partial charge on any atom is 0.319 e. The molecule has 1 aliphatic heterocycles. The molecule has 126 valence electrons. The molecule has 3 rings (SSSR count). The largest absolute Gasteiger partial charge is 0.341 e. The van der Waals surface area contributed by atoms with E-state index in [1.807, 2.05) is 0 Å². The lowest BCUT2D eigenvalue weighted by Gasteiger charge is -2.32. The van der Waals surface area contributed by atoms with Crippen molar-refractivity contribution in [3.8, 4) is 0 Å². The van der Waals surface area contributed by atoms with Crippen molar-refractivity contribution in [3.63, 3.8) is 0 Å². The highest BCUT2D eigenvalue weighted by molar-refractivity contribution is 6.30. The third kappa shape index (κ3) is 4.32. The predicted octanol–water partition coefficient (Wildman–Crippen LogP) is 3.06. The van der Waals surface area contributed by atoms with E-state index in [2.05, 4.69) is 25.5 Å². The van der Waals surface area contributed by atoms with E-state index in [0.29, 0.717) is 16.7 Å². The van der Waals surface area contributed by atoms with Gasteiger partial charge in [0.1, 0.15) is 5.82 Å². The fourth-order valence-electron chi connectivity index (χ4n) is 2.58. The Hall–Kier alpha value is -2.41. The van der Waals surface area contributed by atoms with Gasteiger partial charge in [-0.3, -0.25) is 0 Å². The highest BCUT2D eigenvalue weighted by Gasteiger charge is 2.22. The fraction of sp³-hybridized carbons (Fsp3) is 0.312. The number of nitrogens with zero attached hydrogens (tertiary/aromatic N) is 3. The average Bonchev–Trinajstić information content (AvgIpc) is 2.58. The maximum atomic E-state index is 12.8. The molecule has 0 radical (unpaired) electrons. The van der Waals surface area contributed by atoms with Crippen molar-refractivity contribution < 1.29 is 9.18 Å². The SMILES string of the molecule is O=C(Nc1ccc(F)cc1)NC1CCN(c2ncc(Cl)cn2)CC1. The summed E-state index contributed by atoms with van der Waals surface area (Å²) in [6.07, 6.45) is 4.74. The van der Waals surface area contributed by atoms with Crippen LogP contribution in [0.5, 0.6) is 0 Å². The van der Waals surface area contributed by atoms with E-state index in [9.17, 15) is 9.18 Å². The number of hydrogen-bond acceptors (Lipinski definition) is 4. The molecule has 1 aromatic carbocycles. The second kappa shape index (κ2) is 7.44. The number of aromatic nitrogens is 2. The maximum absolute atomic E-state index is 12.8. The minimum Gasteiger partial charge on any atom is -0.341 e. The Kier molecular flexibility index (Phi) is 5.10. The predicted molar refractivity (Wildman–Crippen MR) is 90.8 cm³/mol. The van der Waals surface area contributed by atoms with Crippen LogP contribution in [0.1, 0.15) is 12.8 Å². The molecule has 0 unspecified atom stereocenters. The van der Waals surface area contributed by atoms with Crippen molar-refractivity contribution in [1.82, 2.24) is 15.3 Å². The van der Waals surface area contributed by atoms with Crippen LogP contribution < -0.4 is 15.5 Å². The van der Waals surface area contributed by atoms with Gasteiger partial charge in [-0.1, -0.05) is 11.6 Å². The number of benzene rings is 1. The molecule has 1 saturated heterocycles. The van der Waals surface area contributed by atoms with Gasteiger partial charge in [-0.25, -0.2) is 19.2 Å². The van der Waals surface area contributed by atoms with Gasteiger partial charge < -0.3 is 15.5 Å². The summed E-state index contributed by atoms with van der Waals surface area (Å²) in [4.78, 5) is 22.5. The molecule has 2 aromatic rings. The van der Waals surface area contributed by atoms with E-state index in [1.165, 1.54) is 24.3 Å². The highest BCUT2D eigenvalue weighted by Crippen LogP contribution is 2.17. The quantitative estimate of drug-likeness (QED) is 0.893. The Bertz CT molecular complexity index is 687. The second-order valence-electron chi connectivity index (χ2n) is 5.57. The van der Waals surface area contributed by atoms with Crippen LogP contribution in [0.2, 0.25) is 5.02 Å². The lowest BCUT2D eigenvalue weighted by Crippen LogP contribution is -2.46. The standard InChI is InChI=1S/C16H17ClFN5O/c17-11-9-19-15(20-10-11)23-7-5-14(6-8-23)22-16(24)21-13-3-1-12(18)2-4-13/h1-4,9-10,14H,5-8H2,(H2,21,22,24). The number of carbonyl (C=O) groups is 1. The summed E-state index contributed by atoms with van der Waals surface area (Å²) in [6.45, 7) is 1.51. The van der Waals surface area contributed by atoms with Crippen molar-refractivity contribution in [2.45, 2.75) is 18.9 Å². The molecular formula is C16H17ClFN5O. The van der Waals surface area contributed by atoms with Crippen LogP contribution in [-0.4, -0.2) is 35.1 Å². The van der Waals surface area contributed by atoms with Crippen molar-refractivity contribution >= 4 is 29.3 Å². The van der Waals surface area contributed by atoms with E-state index in [1.54, 1.807) is 12.4 Å². The minimum absolute atomic E-state index is 0.0778. The molecule has 2 heterocycles. The first-order valence-electron chi connectivity index (χ1n) is 7.66. The van der Waals surface area contributed by atoms with Crippen molar-refractivity contribution in [2.24, 2.45) is 0 Å². The third-order valence-corrected chi connectivity index (χ3v) is 4.02. The molecule has 0 saturated carbocycles. The van der Waals surface area contributed by atoms with Gasteiger partial charge in [0.25, 0.3) is 0 Å². The first-order chi connectivity index (χ1) is 11.6. The Balaban J connectivity index is 1.47. The summed E-state index contributed by atoms with van der Waals surface area (Å²) in [5.74, 6) is 0.311. The van der Waals surface area contributed by atoms with Crippen LogP contribution in [0.15, 0.2) is 36.7 Å². The Morgan fingerprint density at radius 2 is 1.79 bits per heavy atom. The number of rotatable bonds is 3. The van der Waals surface area contributed by atoms with Crippen LogP contribution in [0, 0.1) is 5.82 Å². The highest BCUT2D eigenvalue weighted by atomic mass is 35.5. The minimum atomic E-state index is -0.335. The van der Waals surface area contributed by atoms with Crippen LogP contribution in [0.4, 0.5) is 20.8 Å². The van der Waals surface area contributed by atoms with E-state index < -0.39 is 0 Å². The molecule has 1 aromatic heterocycles. The van der Waals surface area contributed by atoms with Crippen LogP contribution in [-0.2, 0) is 0 Å². The van der Waals surface area contributed by atoms with Gasteiger partial charge in [-0.05, 0) is 37.1 Å². The van der Waals surface area contributed by atoms with Gasteiger partial charge in [0.2, 0.25) is 5.95 Å². The number of anilines is 2. The molecule has 0 atom stereocenters. The van der Waals surface area contributed by atoms with Crippen LogP contribution >= 0.6 is 11.6 Å². The van der Waals surface area contributed by atoms with Gasteiger partial charge in [-0.2, -0.15) is 0 Å². The number of piperidine rings is 1. The number of hydrogen-bond donors (Lipinski definition) is 2. The van der Waals surface area contributed by atoms with Gasteiger partial charge in [0, 0.05) is 24.8 Å². The lowest BCUT2D eigenvalue weighted by atomic mass is 10.1. The van der Waals surface area contributed by atoms with Crippen molar-refractivity contribution in [2.75, 3.05) is 23.3 Å². The Labute approximate surface area is 144 Å². The molecule has 1 fully saturated rings. The molecule has 6 nitrogen and oxygen atoms in total. The van der Waals surface area contributed by atoms with Crippen molar-refractivity contribution in [1.29, 1.82) is 0 Å². The van der Waals surface area contributed by atoms with Gasteiger partial charge in [0.15, 0.2) is 0 Å². The molecule has 24 heavy (non-hydrogen) atoms. The number of carbonyl (C=O) groups excluding carboxylic acids is 1. The molecular weight excluding hydrogens is 333 g/mol. The van der Waals surface area contributed by atoms with Gasteiger partial charge >= 0.3 is 6.03 Å². The molecule has 8 heteroatoms. The molecule has 2 N–H and O–H groups in total. The number of amides is 2. The van der Waals surface area contributed by atoms with E-state index in [0.717, 1.165) is 25.9 Å². The summed E-state index contributed by atoms with van der Waals surface area (Å²) in [5, 5.41) is 6.13. The monoisotopic (exact) mass is 349 g/mol. The molecule has 0 bridgehead atoms. The zero-order valence-electron chi connectivity index (χ0n) is 12.9. The molecule has 1 aliphatic rings. The van der Waals surface area contributed by atoms with E-state index in [-0.39, 0.29) is 17.9 Å².